The molecular formula is C13H19N5OS. The van der Waals surface area contributed by atoms with E-state index in [1.807, 2.05) is 35.8 Å². The summed E-state index contributed by atoms with van der Waals surface area (Å²) in [6.45, 7) is 0.666. The van der Waals surface area contributed by atoms with Gasteiger partial charge in [0.05, 0.1) is 17.2 Å². The minimum absolute atomic E-state index is 0.0656. The highest BCUT2D eigenvalue weighted by atomic mass is 32.1. The third-order valence-electron chi connectivity index (χ3n) is 3.02. The maximum atomic E-state index is 12.0. The molecule has 2 heterocycles. The summed E-state index contributed by atoms with van der Waals surface area (Å²) in [5.41, 5.74) is 6.46. The molecule has 0 atom stereocenters. The van der Waals surface area contributed by atoms with Gasteiger partial charge in [0.2, 0.25) is 0 Å². The van der Waals surface area contributed by atoms with Crippen molar-refractivity contribution in [2.75, 3.05) is 31.8 Å². The molecule has 0 radical (unpaired) electrons. The summed E-state index contributed by atoms with van der Waals surface area (Å²) in [5, 5.41) is 0.954. The average molecular weight is 293 g/mol. The van der Waals surface area contributed by atoms with E-state index in [1.54, 1.807) is 20.3 Å². The smallest absolute Gasteiger partial charge is 0.265 e. The highest BCUT2D eigenvalue weighted by Gasteiger charge is 2.18. The number of anilines is 2. The molecule has 108 valence electrons. The number of hydrogen-bond acceptors (Lipinski definition) is 5. The zero-order valence-corrected chi connectivity index (χ0v) is 12.9. The van der Waals surface area contributed by atoms with Gasteiger partial charge in [-0.15, -0.1) is 11.3 Å². The van der Waals surface area contributed by atoms with Crippen LogP contribution in [0, 0.1) is 0 Å². The summed E-state index contributed by atoms with van der Waals surface area (Å²) in [6.07, 6.45) is 3.68. The van der Waals surface area contributed by atoms with E-state index >= 15 is 0 Å². The first-order valence-corrected chi connectivity index (χ1v) is 7.00. The van der Waals surface area contributed by atoms with Gasteiger partial charge in [-0.2, -0.15) is 0 Å². The van der Waals surface area contributed by atoms with Crippen LogP contribution in [0.5, 0.6) is 0 Å². The molecular weight excluding hydrogens is 274 g/mol. The summed E-state index contributed by atoms with van der Waals surface area (Å²) in [6, 6.07) is 1.84. The number of aromatic nitrogens is 2. The second-order valence-electron chi connectivity index (χ2n) is 4.88. The lowest BCUT2D eigenvalue weighted by Gasteiger charge is -2.16. The van der Waals surface area contributed by atoms with Crippen LogP contribution in [0.25, 0.3) is 0 Å². The molecule has 0 aliphatic rings. The largest absolute Gasteiger partial charge is 0.397 e. The van der Waals surface area contributed by atoms with Crippen LogP contribution >= 0.6 is 11.3 Å². The topological polar surface area (TPSA) is 67.4 Å². The normalized spacial score (nSPS) is 10.6. The number of carbonyl (C=O) groups excluding carboxylic acids is 1. The van der Waals surface area contributed by atoms with E-state index in [4.69, 9.17) is 5.73 Å². The summed E-state index contributed by atoms with van der Waals surface area (Å²) in [4.78, 5) is 20.4. The van der Waals surface area contributed by atoms with Crippen LogP contribution in [0.1, 0.15) is 15.5 Å². The Balaban J connectivity index is 2.19. The third kappa shape index (κ3) is 2.77. The maximum absolute atomic E-state index is 12.0. The maximum Gasteiger partial charge on any atom is 0.265 e. The fourth-order valence-electron chi connectivity index (χ4n) is 1.79. The molecule has 0 fully saturated rings. The lowest BCUT2D eigenvalue weighted by Crippen LogP contribution is -2.21. The molecule has 2 aromatic heterocycles. The molecule has 2 N–H and O–H groups in total. The molecule has 0 spiro atoms. The van der Waals surface area contributed by atoms with Crippen molar-refractivity contribution in [3.63, 3.8) is 0 Å². The van der Waals surface area contributed by atoms with Crippen LogP contribution in [-0.2, 0) is 13.6 Å². The number of rotatable bonds is 4. The fourth-order valence-corrected chi connectivity index (χ4v) is 2.85. The highest BCUT2D eigenvalue weighted by molar-refractivity contribution is 7.18. The fraction of sp³-hybridized carbons (Fsp3) is 0.385. The van der Waals surface area contributed by atoms with E-state index in [0.29, 0.717) is 17.1 Å². The molecule has 0 unspecified atom stereocenters. The van der Waals surface area contributed by atoms with Gasteiger partial charge in [0, 0.05) is 40.6 Å². The lowest BCUT2D eigenvalue weighted by molar-refractivity contribution is 0.0833. The highest BCUT2D eigenvalue weighted by Crippen LogP contribution is 2.32. The first kappa shape index (κ1) is 14.4. The van der Waals surface area contributed by atoms with Crippen molar-refractivity contribution < 1.29 is 4.79 Å². The van der Waals surface area contributed by atoms with Gasteiger partial charge < -0.3 is 20.1 Å². The number of carbonyl (C=O) groups is 1. The molecule has 1 amide bonds. The Bertz CT molecular complexity index is 616. The number of nitrogens with two attached hydrogens (primary N) is 1. The Morgan fingerprint density at radius 3 is 2.70 bits per heavy atom. The van der Waals surface area contributed by atoms with Crippen molar-refractivity contribution in [1.29, 1.82) is 0 Å². The molecule has 0 aromatic carbocycles. The molecule has 0 saturated heterocycles. The van der Waals surface area contributed by atoms with Crippen molar-refractivity contribution in [1.82, 2.24) is 14.5 Å². The standard InChI is InChI=1S/C13H19N5OS/c1-16(2)13(19)12-9(14)7-11(20-12)18(4)8-10-15-5-6-17(10)3/h5-7H,8,14H2,1-4H3. The summed E-state index contributed by atoms with van der Waals surface area (Å²) in [7, 11) is 7.36. The predicted molar refractivity (Wildman–Crippen MR) is 82.1 cm³/mol. The molecule has 0 aliphatic heterocycles. The number of imidazole rings is 1. The van der Waals surface area contributed by atoms with Gasteiger partial charge in [-0.1, -0.05) is 0 Å². The molecule has 2 aromatic rings. The van der Waals surface area contributed by atoms with Crippen molar-refractivity contribution in [3.05, 3.63) is 29.2 Å². The SMILES string of the molecule is CN(C)C(=O)c1sc(N(C)Cc2nccn2C)cc1N. The number of aryl methyl sites for hydroxylation is 1. The van der Waals surface area contributed by atoms with Crippen LogP contribution in [-0.4, -0.2) is 41.5 Å². The minimum atomic E-state index is -0.0656. The first-order chi connectivity index (χ1) is 9.40. The molecule has 20 heavy (non-hydrogen) atoms. The van der Waals surface area contributed by atoms with Crippen LogP contribution in [0.4, 0.5) is 10.7 Å². The van der Waals surface area contributed by atoms with Crippen molar-refractivity contribution >= 4 is 27.9 Å². The Morgan fingerprint density at radius 2 is 2.15 bits per heavy atom. The predicted octanol–water partition coefficient (Wildman–Crippen LogP) is 1.40. The molecule has 6 nitrogen and oxygen atoms in total. The minimum Gasteiger partial charge on any atom is -0.397 e. The number of nitrogen functional groups attached to an aromatic ring is 1. The van der Waals surface area contributed by atoms with E-state index in [1.165, 1.54) is 16.2 Å². The van der Waals surface area contributed by atoms with Gasteiger partial charge in [0.1, 0.15) is 10.7 Å². The summed E-state index contributed by atoms with van der Waals surface area (Å²) >= 11 is 1.40. The van der Waals surface area contributed by atoms with Gasteiger partial charge in [-0.05, 0) is 6.07 Å². The van der Waals surface area contributed by atoms with Crippen molar-refractivity contribution in [2.24, 2.45) is 7.05 Å². The molecule has 0 aliphatic carbocycles. The average Bonchev–Trinajstić information content (AvgIpc) is 2.95. The Morgan fingerprint density at radius 1 is 1.45 bits per heavy atom. The van der Waals surface area contributed by atoms with Crippen LogP contribution in [0.3, 0.4) is 0 Å². The molecule has 0 bridgehead atoms. The van der Waals surface area contributed by atoms with Gasteiger partial charge in [-0.25, -0.2) is 4.98 Å². The van der Waals surface area contributed by atoms with Gasteiger partial charge in [-0.3, -0.25) is 4.79 Å². The van der Waals surface area contributed by atoms with Gasteiger partial charge in [0.15, 0.2) is 0 Å². The van der Waals surface area contributed by atoms with Crippen LogP contribution in [0.2, 0.25) is 0 Å². The molecule has 2 rings (SSSR count). The summed E-state index contributed by atoms with van der Waals surface area (Å²) in [5.74, 6) is 0.893. The number of hydrogen-bond donors (Lipinski definition) is 1. The Labute approximate surface area is 122 Å². The number of amides is 1. The lowest BCUT2D eigenvalue weighted by atomic mass is 10.3. The Kier molecular flexibility index (Phi) is 3.99. The second kappa shape index (κ2) is 5.54. The van der Waals surface area contributed by atoms with E-state index in [2.05, 4.69) is 4.98 Å². The molecule has 0 saturated carbocycles. The van der Waals surface area contributed by atoms with Crippen molar-refractivity contribution in [2.45, 2.75) is 6.54 Å². The van der Waals surface area contributed by atoms with E-state index in [9.17, 15) is 4.79 Å². The Hall–Kier alpha value is -2.02. The van der Waals surface area contributed by atoms with Gasteiger partial charge >= 0.3 is 0 Å². The van der Waals surface area contributed by atoms with E-state index < -0.39 is 0 Å². The monoisotopic (exact) mass is 293 g/mol. The number of nitrogens with zero attached hydrogens (tertiary/aromatic N) is 4. The van der Waals surface area contributed by atoms with Crippen molar-refractivity contribution in [3.8, 4) is 0 Å². The van der Waals surface area contributed by atoms with E-state index in [-0.39, 0.29) is 5.91 Å². The number of thiophene rings is 1. The first-order valence-electron chi connectivity index (χ1n) is 6.18. The van der Waals surface area contributed by atoms with Gasteiger partial charge in [0.25, 0.3) is 5.91 Å². The zero-order chi connectivity index (χ0) is 14.9. The summed E-state index contributed by atoms with van der Waals surface area (Å²) < 4.78 is 1.97. The van der Waals surface area contributed by atoms with E-state index in [0.717, 1.165) is 10.8 Å². The second-order valence-corrected chi connectivity index (χ2v) is 5.91. The zero-order valence-electron chi connectivity index (χ0n) is 12.1. The van der Waals surface area contributed by atoms with Crippen LogP contribution < -0.4 is 10.6 Å². The third-order valence-corrected chi connectivity index (χ3v) is 4.28. The quantitative estimate of drug-likeness (QED) is 0.925. The van der Waals surface area contributed by atoms with Crippen LogP contribution in [0.15, 0.2) is 18.5 Å². The molecule has 7 heteroatoms.